The Labute approximate surface area is 86.7 Å². The number of aromatic nitrogens is 2. The number of aryl methyl sites for hydroxylation is 1. The summed E-state index contributed by atoms with van der Waals surface area (Å²) < 4.78 is 1.36. The summed E-state index contributed by atoms with van der Waals surface area (Å²) in [5.74, 6) is -0.983. The van der Waals surface area contributed by atoms with Crippen LogP contribution in [-0.4, -0.2) is 20.6 Å². The second-order valence-electron chi connectivity index (χ2n) is 3.26. The van der Waals surface area contributed by atoms with Gasteiger partial charge in [-0.15, -0.1) is 0 Å². The van der Waals surface area contributed by atoms with Crippen molar-refractivity contribution < 1.29 is 9.90 Å². The number of carboxylic acid groups (broad SMARTS) is 1. The molecule has 1 rings (SSSR count). The Morgan fingerprint density at radius 1 is 1.67 bits per heavy atom. The Balaban J connectivity index is 2.91. The monoisotopic (exact) mass is 208 g/mol. The van der Waals surface area contributed by atoms with Crippen LogP contribution in [-0.2, 0) is 11.3 Å². The van der Waals surface area contributed by atoms with Crippen LogP contribution in [0.4, 0.5) is 0 Å². The molecule has 0 spiro atoms. The molecule has 1 aromatic rings. The van der Waals surface area contributed by atoms with Crippen LogP contribution in [0.5, 0.6) is 0 Å². The van der Waals surface area contributed by atoms with Gasteiger partial charge < -0.3 is 5.11 Å². The van der Waals surface area contributed by atoms with Gasteiger partial charge in [0, 0.05) is 24.5 Å². The van der Waals surface area contributed by atoms with Crippen molar-refractivity contribution in [3.8, 4) is 0 Å². The van der Waals surface area contributed by atoms with E-state index in [1.54, 1.807) is 6.20 Å². The quantitative estimate of drug-likeness (QED) is 0.737. The maximum Gasteiger partial charge on any atom is 0.347 e. The van der Waals surface area contributed by atoms with Gasteiger partial charge in [-0.2, -0.15) is 0 Å². The van der Waals surface area contributed by atoms with Crippen LogP contribution in [0.2, 0.25) is 0 Å². The van der Waals surface area contributed by atoms with E-state index in [-0.39, 0.29) is 17.8 Å². The molecule has 0 aromatic carbocycles. The first-order valence-corrected chi connectivity index (χ1v) is 4.44. The lowest BCUT2D eigenvalue weighted by Crippen LogP contribution is -2.22. The minimum atomic E-state index is -0.983. The van der Waals surface area contributed by atoms with Crippen LogP contribution in [0.25, 0.3) is 0 Å². The topological polar surface area (TPSA) is 72.2 Å². The van der Waals surface area contributed by atoms with Gasteiger partial charge in [0.1, 0.15) is 0 Å². The number of rotatable bonds is 3. The van der Waals surface area contributed by atoms with Gasteiger partial charge in [0.2, 0.25) is 0 Å². The first-order chi connectivity index (χ1) is 7.00. The highest BCUT2D eigenvalue weighted by atomic mass is 16.4. The van der Waals surface area contributed by atoms with Crippen LogP contribution in [0, 0.1) is 6.92 Å². The van der Waals surface area contributed by atoms with Crippen LogP contribution in [0.15, 0.2) is 28.8 Å². The number of carboxylic acids is 1. The second kappa shape index (κ2) is 4.54. The fourth-order valence-electron chi connectivity index (χ4n) is 1.02. The Morgan fingerprint density at radius 3 is 2.93 bits per heavy atom. The van der Waals surface area contributed by atoms with Crippen LogP contribution in [0.3, 0.4) is 0 Å². The van der Waals surface area contributed by atoms with Gasteiger partial charge in [-0.3, -0.25) is 4.57 Å². The molecule has 0 atom stereocenters. The minimum absolute atomic E-state index is 0.211. The van der Waals surface area contributed by atoms with E-state index < -0.39 is 5.97 Å². The van der Waals surface area contributed by atoms with E-state index in [1.165, 1.54) is 23.8 Å². The summed E-state index contributed by atoms with van der Waals surface area (Å²) in [6.45, 7) is 3.53. The van der Waals surface area contributed by atoms with E-state index >= 15 is 0 Å². The largest absolute Gasteiger partial charge is 0.478 e. The zero-order valence-electron chi connectivity index (χ0n) is 8.60. The molecule has 5 nitrogen and oxygen atoms in total. The molecule has 0 aliphatic rings. The molecule has 0 aliphatic heterocycles. The van der Waals surface area contributed by atoms with Gasteiger partial charge in [-0.1, -0.05) is 6.08 Å². The number of carbonyl (C=O) groups is 1. The first kappa shape index (κ1) is 11.2. The predicted molar refractivity (Wildman–Crippen MR) is 54.6 cm³/mol. The molecule has 0 radical (unpaired) electrons. The molecule has 1 aromatic heterocycles. The third-order valence-corrected chi connectivity index (χ3v) is 1.92. The zero-order valence-corrected chi connectivity index (χ0v) is 8.60. The highest BCUT2D eigenvalue weighted by molar-refractivity contribution is 5.85. The lowest BCUT2D eigenvalue weighted by molar-refractivity contribution is -0.132. The molecular weight excluding hydrogens is 196 g/mol. The Hall–Kier alpha value is -1.91. The molecule has 0 fully saturated rings. The van der Waals surface area contributed by atoms with E-state index in [1.807, 2.05) is 6.92 Å². The van der Waals surface area contributed by atoms with Crippen molar-refractivity contribution in [1.82, 2.24) is 9.55 Å². The van der Waals surface area contributed by atoms with Crippen molar-refractivity contribution in [1.29, 1.82) is 0 Å². The molecular formula is C10H12N2O3. The SMILES string of the molecule is C/C(=C/Cn1cc(C)cnc1=O)C(=O)O. The van der Waals surface area contributed by atoms with E-state index in [9.17, 15) is 9.59 Å². The molecule has 0 saturated carbocycles. The third-order valence-electron chi connectivity index (χ3n) is 1.92. The summed E-state index contributed by atoms with van der Waals surface area (Å²) in [5.41, 5.74) is 0.689. The summed E-state index contributed by atoms with van der Waals surface area (Å²) in [7, 11) is 0. The molecule has 5 heteroatoms. The number of nitrogens with zero attached hydrogens (tertiary/aromatic N) is 2. The summed E-state index contributed by atoms with van der Waals surface area (Å²) >= 11 is 0. The Morgan fingerprint density at radius 2 is 2.33 bits per heavy atom. The molecule has 0 amide bonds. The Kier molecular flexibility index (Phi) is 3.38. The zero-order chi connectivity index (χ0) is 11.4. The van der Waals surface area contributed by atoms with Crippen LogP contribution in [0.1, 0.15) is 12.5 Å². The van der Waals surface area contributed by atoms with Gasteiger partial charge in [0.15, 0.2) is 0 Å². The Bertz CT molecular complexity index is 460. The molecule has 15 heavy (non-hydrogen) atoms. The highest BCUT2D eigenvalue weighted by Crippen LogP contribution is 1.95. The van der Waals surface area contributed by atoms with Crippen molar-refractivity contribution in [2.75, 3.05) is 0 Å². The van der Waals surface area contributed by atoms with Crippen molar-refractivity contribution in [3.63, 3.8) is 0 Å². The highest BCUT2D eigenvalue weighted by Gasteiger charge is 2.00. The number of hydrogen-bond donors (Lipinski definition) is 1. The molecule has 1 N–H and O–H groups in total. The maximum atomic E-state index is 11.2. The van der Waals surface area contributed by atoms with Gasteiger partial charge in [0.25, 0.3) is 0 Å². The summed E-state index contributed by atoms with van der Waals surface area (Å²) in [6, 6.07) is 0. The lowest BCUT2D eigenvalue weighted by Gasteiger charge is -2.01. The van der Waals surface area contributed by atoms with Crippen molar-refractivity contribution in [2.24, 2.45) is 0 Å². The fraction of sp³-hybridized carbons (Fsp3) is 0.300. The van der Waals surface area contributed by atoms with Gasteiger partial charge >= 0.3 is 11.7 Å². The lowest BCUT2D eigenvalue weighted by atomic mass is 10.3. The standard InChI is InChI=1S/C10H12N2O3/c1-7-5-11-10(15)12(6-7)4-3-8(2)9(13)14/h3,5-6H,4H2,1-2H3,(H,13,14)/b8-3-. The first-order valence-electron chi connectivity index (χ1n) is 4.44. The van der Waals surface area contributed by atoms with Gasteiger partial charge in [-0.25, -0.2) is 14.6 Å². The van der Waals surface area contributed by atoms with E-state index in [4.69, 9.17) is 5.11 Å². The smallest absolute Gasteiger partial charge is 0.347 e. The average Bonchev–Trinajstić information content (AvgIpc) is 2.18. The minimum Gasteiger partial charge on any atom is -0.478 e. The predicted octanol–water partition coefficient (Wildman–Crippen LogP) is 0.583. The molecule has 80 valence electrons. The average molecular weight is 208 g/mol. The van der Waals surface area contributed by atoms with Gasteiger partial charge in [-0.05, 0) is 19.4 Å². The summed E-state index contributed by atoms with van der Waals surface area (Å²) in [4.78, 5) is 25.4. The molecule has 1 heterocycles. The number of allylic oxidation sites excluding steroid dienone is 1. The molecule has 0 bridgehead atoms. The van der Waals surface area contributed by atoms with Crippen molar-refractivity contribution in [2.45, 2.75) is 20.4 Å². The third kappa shape index (κ3) is 3.05. The molecule has 0 aliphatic carbocycles. The maximum absolute atomic E-state index is 11.2. The number of aliphatic carboxylic acids is 1. The van der Waals surface area contributed by atoms with Crippen LogP contribution >= 0.6 is 0 Å². The van der Waals surface area contributed by atoms with Gasteiger partial charge in [0.05, 0.1) is 0 Å². The van der Waals surface area contributed by atoms with E-state index in [0.29, 0.717) is 0 Å². The van der Waals surface area contributed by atoms with E-state index in [0.717, 1.165) is 5.56 Å². The van der Waals surface area contributed by atoms with Crippen molar-refractivity contribution in [3.05, 3.63) is 40.1 Å². The summed E-state index contributed by atoms with van der Waals surface area (Å²) in [5, 5.41) is 8.61. The number of hydrogen-bond acceptors (Lipinski definition) is 3. The fourth-order valence-corrected chi connectivity index (χ4v) is 1.02. The summed E-state index contributed by atoms with van der Waals surface area (Å²) in [6.07, 6.45) is 4.60. The van der Waals surface area contributed by atoms with E-state index in [2.05, 4.69) is 4.98 Å². The second-order valence-corrected chi connectivity index (χ2v) is 3.26. The van der Waals surface area contributed by atoms with Crippen molar-refractivity contribution >= 4 is 5.97 Å². The van der Waals surface area contributed by atoms with Crippen LogP contribution < -0.4 is 5.69 Å². The molecule has 0 saturated heterocycles. The molecule has 0 unspecified atom stereocenters. The normalized spacial score (nSPS) is 11.5.